The first-order valence-corrected chi connectivity index (χ1v) is 8.39. The van der Waals surface area contributed by atoms with Crippen molar-refractivity contribution < 1.29 is 24.2 Å². The summed E-state index contributed by atoms with van der Waals surface area (Å²) in [4.78, 5) is 24.4. The van der Waals surface area contributed by atoms with E-state index in [4.69, 9.17) is 9.47 Å². The van der Waals surface area contributed by atoms with E-state index in [0.717, 1.165) is 5.56 Å². The SMILES string of the molecule is CC(C)OC(=O)[C@H](CO)NC(=O)c1ccccc1OCc1ccccc1. The molecule has 0 unspecified atom stereocenters. The van der Waals surface area contributed by atoms with Crippen molar-refractivity contribution in [2.75, 3.05) is 6.61 Å². The maximum absolute atomic E-state index is 12.5. The number of aliphatic hydroxyl groups is 1. The molecule has 0 spiro atoms. The highest BCUT2D eigenvalue weighted by Gasteiger charge is 2.24. The van der Waals surface area contributed by atoms with Crippen LogP contribution in [0.25, 0.3) is 0 Å². The molecule has 2 aromatic rings. The molecule has 0 bridgehead atoms. The zero-order chi connectivity index (χ0) is 18.9. The largest absolute Gasteiger partial charge is 0.488 e. The molecule has 2 N–H and O–H groups in total. The number of para-hydroxylation sites is 1. The number of carbonyl (C=O) groups excluding carboxylic acids is 2. The van der Waals surface area contributed by atoms with Crippen molar-refractivity contribution >= 4 is 11.9 Å². The molecule has 2 aromatic carbocycles. The van der Waals surface area contributed by atoms with Crippen LogP contribution >= 0.6 is 0 Å². The minimum atomic E-state index is -1.13. The quantitative estimate of drug-likeness (QED) is 0.708. The number of amides is 1. The van der Waals surface area contributed by atoms with E-state index in [9.17, 15) is 14.7 Å². The smallest absolute Gasteiger partial charge is 0.331 e. The first kappa shape index (κ1) is 19.5. The molecule has 1 atom stereocenters. The lowest BCUT2D eigenvalue weighted by atomic mass is 10.1. The lowest BCUT2D eigenvalue weighted by Gasteiger charge is -2.18. The summed E-state index contributed by atoms with van der Waals surface area (Å²) in [7, 11) is 0. The van der Waals surface area contributed by atoms with Gasteiger partial charge in [-0.1, -0.05) is 42.5 Å². The molecular formula is C20H23NO5. The van der Waals surface area contributed by atoms with Crippen LogP contribution in [0.3, 0.4) is 0 Å². The molecule has 0 aliphatic carbocycles. The number of aliphatic hydroxyl groups excluding tert-OH is 1. The molecule has 138 valence electrons. The van der Waals surface area contributed by atoms with Gasteiger partial charge in [0.2, 0.25) is 0 Å². The number of nitrogens with one attached hydrogen (secondary N) is 1. The van der Waals surface area contributed by atoms with Crippen molar-refractivity contribution in [3.8, 4) is 5.75 Å². The summed E-state index contributed by atoms with van der Waals surface area (Å²) in [6.45, 7) is 3.15. The summed E-state index contributed by atoms with van der Waals surface area (Å²) in [6.07, 6.45) is -0.338. The topological polar surface area (TPSA) is 84.9 Å². The van der Waals surface area contributed by atoms with E-state index in [-0.39, 0.29) is 11.7 Å². The number of hydrogen-bond acceptors (Lipinski definition) is 5. The van der Waals surface area contributed by atoms with Gasteiger partial charge in [0, 0.05) is 0 Å². The molecule has 0 aromatic heterocycles. The summed E-state index contributed by atoms with van der Waals surface area (Å²) in [5.74, 6) is -0.810. The molecular weight excluding hydrogens is 334 g/mol. The zero-order valence-electron chi connectivity index (χ0n) is 14.8. The predicted molar refractivity (Wildman–Crippen MR) is 96.8 cm³/mol. The first-order chi connectivity index (χ1) is 12.5. The van der Waals surface area contributed by atoms with Crippen molar-refractivity contribution in [1.29, 1.82) is 0 Å². The van der Waals surface area contributed by atoms with Crippen molar-refractivity contribution in [3.63, 3.8) is 0 Å². The Morgan fingerprint density at radius 3 is 2.35 bits per heavy atom. The molecule has 0 aliphatic heterocycles. The molecule has 0 saturated heterocycles. The third-order valence-electron chi connectivity index (χ3n) is 3.49. The van der Waals surface area contributed by atoms with Gasteiger partial charge in [-0.15, -0.1) is 0 Å². The van der Waals surface area contributed by atoms with Gasteiger partial charge in [-0.2, -0.15) is 0 Å². The Hall–Kier alpha value is -2.86. The Morgan fingerprint density at radius 1 is 1.04 bits per heavy atom. The molecule has 26 heavy (non-hydrogen) atoms. The standard InChI is InChI=1S/C20H23NO5/c1-14(2)26-20(24)17(12-22)21-19(23)16-10-6-7-11-18(16)25-13-15-8-4-3-5-9-15/h3-11,14,17,22H,12-13H2,1-2H3,(H,21,23)/t17-/m0/s1. The second kappa shape index (κ2) is 9.58. The van der Waals surface area contributed by atoms with Crippen LogP contribution in [0, 0.1) is 0 Å². The van der Waals surface area contributed by atoms with Gasteiger partial charge in [0.15, 0.2) is 6.04 Å². The number of rotatable bonds is 8. The van der Waals surface area contributed by atoms with Crippen molar-refractivity contribution in [1.82, 2.24) is 5.32 Å². The minimum absolute atomic E-state index is 0.277. The lowest BCUT2D eigenvalue weighted by Crippen LogP contribution is -2.45. The second-order valence-corrected chi connectivity index (χ2v) is 5.96. The monoisotopic (exact) mass is 357 g/mol. The molecule has 1 amide bonds. The van der Waals surface area contributed by atoms with Crippen LogP contribution in [-0.2, 0) is 16.1 Å². The third-order valence-corrected chi connectivity index (χ3v) is 3.49. The van der Waals surface area contributed by atoms with Crippen molar-refractivity contribution in [2.24, 2.45) is 0 Å². The molecule has 0 heterocycles. The van der Waals surface area contributed by atoms with Crippen molar-refractivity contribution in [2.45, 2.75) is 32.6 Å². The average Bonchev–Trinajstić information content (AvgIpc) is 2.64. The van der Waals surface area contributed by atoms with Gasteiger partial charge in [-0.05, 0) is 31.5 Å². The Balaban J connectivity index is 2.07. The van der Waals surface area contributed by atoms with E-state index in [2.05, 4.69) is 5.32 Å². The van der Waals surface area contributed by atoms with Crippen LogP contribution in [0.1, 0.15) is 29.8 Å². The maximum Gasteiger partial charge on any atom is 0.331 e. The van der Waals surface area contributed by atoms with Gasteiger partial charge in [0.25, 0.3) is 5.91 Å². The van der Waals surface area contributed by atoms with E-state index in [1.165, 1.54) is 0 Å². The van der Waals surface area contributed by atoms with E-state index >= 15 is 0 Å². The fraction of sp³-hybridized carbons (Fsp3) is 0.300. The van der Waals surface area contributed by atoms with Gasteiger partial charge in [-0.25, -0.2) is 4.79 Å². The molecule has 0 saturated carbocycles. The highest BCUT2D eigenvalue weighted by molar-refractivity contribution is 5.99. The van der Waals surface area contributed by atoms with Gasteiger partial charge in [-0.3, -0.25) is 4.79 Å². The van der Waals surface area contributed by atoms with Crippen LogP contribution in [0.15, 0.2) is 54.6 Å². The normalized spacial score (nSPS) is 11.7. The molecule has 0 fully saturated rings. The number of esters is 1. The van der Waals surface area contributed by atoms with E-state index in [0.29, 0.717) is 12.4 Å². The second-order valence-electron chi connectivity index (χ2n) is 5.96. The fourth-order valence-corrected chi connectivity index (χ4v) is 2.24. The Morgan fingerprint density at radius 2 is 1.69 bits per heavy atom. The molecule has 0 radical (unpaired) electrons. The van der Waals surface area contributed by atoms with Crippen LogP contribution in [0.5, 0.6) is 5.75 Å². The van der Waals surface area contributed by atoms with Crippen LogP contribution in [-0.4, -0.2) is 35.7 Å². The number of hydrogen-bond donors (Lipinski definition) is 2. The molecule has 6 heteroatoms. The lowest BCUT2D eigenvalue weighted by molar-refractivity contribution is -0.150. The molecule has 0 aliphatic rings. The summed E-state index contributed by atoms with van der Waals surface area (Å²) < 4.78 is 10.8. The van der Waals surface area contributed by atoms with E-state index in [1.807, 2.05) is 30.3 Å². The number of carbonyl (C=O) groups is 2. The highest BCUT2D eigenvalue weighted by Crippen LogP contribution is 2.19. The first-order valence-electron chi connectivity index (χ1n) is 8.39. The van der Waals surface area contributed by atoms with Gasteiger partial charge in [0.05, 0.1) is 18.3 Å². The van der Waals surface area contributed by atoms with E-state index in [1.54, 1.807) is 38.1 Å². The van der Waals surface area contributed by atoms with Gasteiger partial charge >= 0.3 is 5.97 Å². The summed E-state index contributed by atoms with van der Waals surface area (Å²) in [6, 6.07) is 15.2. The van der Waals surface area contributed by atoms with Crippen LogP contribution in [0.4, 0.5) is 0 Å². The van der Waals surface area contributed by atoms with Crippen LogP contribution in [0.2, 0.25) is 0 Å². The highest BCUT2D eigenvalue weighted by atomic mass is 16.5. The third kappa shape index (κ3) is 5.60. The summed E-state index contributed by atoms with van der Waals surface area (Å²) >= 11 is 0. The Kier molecular flexibility index (Phi) is 7.17. The average molecular weight is 357 g/mol. The fourth-order valence-electron chi connectivity index (χ4n) is 2.24. The Bertz CT molecular complexity index is 730. The molecule has 2 rings (SSSR count). The van der Waals surface area contributed by atoms with Crippen LogP contribution < -0.4 is 10.1 Å². The van der Waals surface area contributed by atoms with Gasteiger partial charge < -0.3 is 19.9 Å². The minimum Gasteiger partial charge on any atom is -0.488 e. The van der Waals surface area contributed by atoms with Crippen molar-refractivity contribution in [3.05, 3.63) is 65.7 Å². The maximum atomic E-state index is 12.5. The number of benzene rings is 2. The summed E-state index contributed by atoms with van der Waals surface area (Å²) in [5.41, 5.74) is 1.25. The number of ether oxygens (including phenoxy) is 2. The molecule has 6 nitrogen and oxygen atoms in total. The van der Waals surface area contributed by atoms with E-state index < -0.39 is 24.5 Å². The predicted octanol–water partition coefficient (Wildman–Crippen LogP) is 2.31. The Labute approximate surface area is 152 Å². The van der Waals surface area contributed by atoms with Gasteiger partial charge in [0.1, 0.15) is 12.4 Å². The zero-order valence-corrected chi connectivity index (χ0v) is 14.8. The summed E-state index contributed by atoms with van der Waals surface area (Å²) in [5, 5.41) is 11.9.